The maximum atomic E-state index is 5.89. The van der Waals surface area contributed by atoms with Gasteiger partial charge in [-0.3, -0.25) is 0 Å². The number of aryl methyl sites for hydroxylation is 1. The summed E-state index contributed by atoms with van der Waals surface area (Å²) in [6.07, 6.45) is 1.99. The van der Waals surface area contributed by atoms with E-state index in [2.05, 4.69) is 24.2 Å². The van der Waals surface area contributed by atoms with E-state index in [0.717, 1.165) is 10.7 Å². The van der Waals surface area contributed by atoms with Crippen LogP contribution in [0.15, 0.2) is 35.4 Å². The zero-order valence-electron chi connectivity index (χ0n) is 8.77. The number of nitrogens with zero attached hydrogens (tertiary/aromatic N) is 2. The topological polar surface area (TPSA) is 43.8 Å². The normalized spacial score (nSPS) is 10.5. The number of anilines is 1. The van der Waals surface area contributed by atoms with E-state index in [4.69, 9.17) is 5.73 Å². The average molecular weight is 219 g/mol. The number of hydrogen-bond donors (Lipinski definition) is 1. The van der Waals surface area contributed by atoms with Crippen molar-refractivity contribution in [3.05, 3.63) is 35.9 Å². The van der Waals surface area contributed by atoms with Crippen molar-refractivity contribution in [3.8, 4) is 5.69 Å². The van der Waals surface area contributed by atoms with E-state index in [9.17, 15) is 0 Å². The summed E-state index contributed by atoms with van der Waals surface area (Å²) < 4.78 is 1.76. The summed E-state index contributed by atoms with van der Waals surface area (Å²) in [7, 11) is 0. The molecule has 78 valence electrons. The van der Waals surface area contributed by atoms with Crippen LogP contribution in [0.1, 0.15) is 5.56 Å². The van der Waals surface area contributed by atoms with Crippen LogP contribution in [0.3, 0.4) is 0 Å². The van der Waals surface area contributed by atoms with E-state index >= 15 is 0 Å². The lowest BCUT2D eigenvalue weighted by atomic mass is 10.2. The van der Waals surface area contributed by atoms with Crippen molar-refractivity contribution in [3.63, 3.8) is 0 Å². The van der Waals surface area contributed by atoms with Crippen LogP contribution in [0.25, 0.3) is 5.69 Å². The Morgan fingerprint density at radius 1 is 1.33 bits per heavy atom. The lowest BCUT2D eigenvalue weighted by molar-refractivity contribution is 0.845. The second-order valence-corrected chi connectivity index (χ2v) is 4.19. The third kappa shape index (κ3) is 1.99. The highest BCUT2D eigenvalue weighted by atomic mass is 32.2. The Morgan fingerprint density at radius 3 is 2.73 bits per heavy atom. The fraction of sp³-hybridized carbons (Fsp3) is 0.182. The number of hydrogen-bond acceptors (Lipinski definition) is 3. The van der Waals surface area contributed by atoms with Gasteiger partial charge in [-0.2, -0.15) is 5.10 Å². The molecule has 0 unspecified atom stereocenters. The predicted octanol–water partition coefficient (Wildman–Crippen LogP) is 2.48. The lowest BCUT2D eigenvalue weighted by Gasteiger charge is -2.04. The molecule has 2 aromatic rings. The van der Waals surface area contributed by atoms with Gasteiger partial charge in [0.15, 0.2) is 0 Å². The van der Waals surface area contributed by atoms with Gasteiger partial charge in [0.05, 0.1) is 5.69 Å². The second-order valence-electron chi connectivity index (χ2n) is 3.36. The number of thioether (sulfide) groups is 1. The van der Waals surface area contributed by atoms with Crippen molar-refractivity contribution in [2.24, 2.45) is 0 Å². The highest BCUT2D eigenvalue weighted by Crippen LogP contribution is 2.20. The van der Waals surface area contributed by atoms with Crippen molar-refractivity contribution in [1.82, 2.24) is 9.78 Å². The van der Waals surface area contributed by atoms with E-state index in [-0.39, 0.29) is 0 Å². The molecule has 1 aromatic carbocycles. The highest BCUT2D eigenvalue weighted by molar-refractivity contribution is 7.98. The van der Waals surface area contributed by atoms with Crippen LogP contribution in [0.4, 0.5) is 5.82 Å². The summed E-state index contributed by atoms with van der Waals surface area (Å²) in [5.41, 5.74) is 8.10. The summed E-state index contributed by atoms with van der Waals surface area (Å²) in [5, 5.41) is 5.33. The third-order valence-electron chi connectivity index (χ3n) is 2.17. The number of aromatic nitrogens is 2. The molecule has 0 bridgehead atoms. The number of nitrogen functional groups attached to an aromatic ring is 1. The first kappa shape index (κ1) is 10.1. The summed E-state index contributed by atoms with van der Waals surface area (Å²) in [4.78, 5) is 0. The van der Waals surface area contributed by atoms with Crippen molar-refractivity contribution in [1.29, 1.82) is 0 Å². The fourth-order valence-corrected chi connectivity index (χ4v) is 1.84. The molecule has 1 aromatic heterocycles. The van der Waals surface area contributed by atoms with Gasteiger partial charge in [0.2, 0.25) is 0 Å². The van der Waals surface area contributed by atoms with Gasteiger partial charge in [-0.05, 0) is 30.9 Å². The van der Waals surface area contributed by atoms with Crippen LogP contribution in [-0.4, -0.2) is 16.0 Å². The van der Waals surface area contributed by atoms with Crippen LogP contribution in [0.2, 0.25) is 0 Å². The van der Waals surface area contributed by atoms with E-state index in [1.54, 1.807) is 16.4 Å². The Morgan fingerprint density at radius 2 is 2.13 bits per heavy atom. The van der Waals surface area contributed by atoms with Gasteiger partial charge in [0, 0.05) is 6.07 Å². The maximum absolute atomic E-state index is 5.89. The van der Waals surface area contributed by atoms with Crippen LogP contribution in [0.5, 0.6) is 0 Å². The van der Waals surface area contributed by atoms with Gasteiger partial charge in [0.1, 0.15) is 10.8 Å². The molecule has 0 atom stereocenters. The molecular formula is C11H13N3S. The summed E-state index contributed by atoms with van der Waals surface area (Å²) in [6.45, 7) is 2.05. The molecule has 2 rings (SSSR count). The first-order chi connectivity index (χ1) is 7.20. The van der Waals surface area contributed by atoms with Crippen molar-refractivity contribution < 1.29 is 0 Å². The molecule has 0 saturated heterocycles. The minimum atomic E-state index is 0.671. The van der Waals surface area contributed by atoms with Gasteiger partial charge in [0.25, 0.3) is 0 Å². The lowest BCUT2D eigenvalue weighted by Crippen LogP contribution is -2.01. The maximum Gasteiger partial charge on any atom is 0.128 e. The molecule has 0 aliphatic heterocycles. The molecule has 1 heterocycles. The molecular weight excluding hydrogens is 206 g/mol. The monoisotopic (exact) mass is 219 g/mol. The predicted molar refractivity (Wildman–Crippen MR) is 64.5 cm³/mol. The van der Waals surface area contributed by atoms with E-state index < -0.39 is 0 Å². The number of nitrogens with two attached hydrogens (primary N) is 1. The van der Waals surface area contributed by atoms with E-state index in [1.807, 2.05) is 24.5 Å². The van der Waals surface area contributed by atoms with Crippen LogP contribution < -0.4 is 5.73 Å². The molecule has 0 amide bonds. The van der Waals surface area contributed by atoms with Gasteiger partial charge >= 0.3 is 0 Å². The smallest absolute Gasteiger partial charge is 0.128 e. The van der Waals surface area contributed by atoms with E-state index in [1.165, 1.54) is 5.56 Å². The molecule has 0 fully saturated rings. The Hall–Kier alpha value is -1.42. The molecule has 0 radical (unpaired) electrons. The summed E-state index contributed by atoms with van der Waals surface area (Å²) >= 11 is 1.59. The van der Waals surface area contributed by atoms with Crippen LogP contribution >= 0.6 is 11.8 Å². The largest absolute Gasteiger partial charge is 0.384 e. The number of rotatable bonds is 2. The first-order valence-electron chi connectivity index (χ1n) is 4.67. The zero-order valence-corrected chi connectivity index (χ0v) is 9.58. The standard InChI is InChI=1S/C11H13N3S/c1-8-4-3-5-9(6-8)14-10(12)7-11(13-14)15-2/h3-7H,12H2,1-2H3. The number of benzene rings is 1. The minimum Gasteiger partial charge on any atom is -0.384 e. The summed E-state index contributed by atoms with van der Waals surface area (Å²) in [5.74, 6) is 0.671. The molecule has 0 spiro atoms. The SMILES string of the molecule is CSc1cc(N)n(-c2cccc(C)c2)n1. The molecule has 15 heavy (non-hydrogen) atoms. The Bertz CT molecular complexity index is 476. The Labute approximate surface area is 93.3 Å². The van der Waals surface area contributed by atoms with Crippen molar-refractivity contribution in [2.45, 2.75) is 11.9 Å². The average Bonchev–Trinajstić information content (AvgIpc) is 2.60. The van der Waals surface area contributed by atoms with Gasteiger partial charge < -0.3 is 5.73 Å². The Balaban J connectivity index is 2.48. The third-order valence-corrected chi connectivity index (χ3v) is 2.79. The molecule has 3 nitrogen and oxygen atoms in total. The van der Waals surface area contributed by atoms with Gasteiger partial charge in [-0.25, -0.2) is 4.68 Å². The first-order valence-corrected chi connectivity index (χ1v) is 5.90. The second kappa shape index (κ2) is 3.98. The van der Waals surface area contributed by atoms with Gasteiger partial charge in [-0.15, -0.1) is 11.8 Å². The van der Waals surface area contributed by atoms with Crippen LogP contribution in [-0.2, 0) is 0 Å². The molecule has 0 saturated carbocycles. The quantitative estimate of drug-likeness (QED) is 0.789. The molecule has 0 aliphatic rings. The molecule has 0 aliphatic carbocycles. The molecule has 4 heteroatoms. The van der Waals surface area contributed by atoms with Gasteiger partial charge in [-0.1, -0.05) is 12.1 Å². The van der Waals surface area contributed by atoms with Crippen molar-refractivity contribution >= 4 is 17.6 Å². The van der Waals surface area contributed by atoms with E-state index in [0.29, 0.717) is 5.82 Å². The van der Waals surface area contributed by atoms with Crippen molar-refractivity contribution in [2.75, 3.05) is 12.0 Å². The fourth-order valence-electron chi connectivity index (χ4n) is 1.44. The zero-order chi connectivity index (χ0) is 10.8. The Kier molecular flexibility index (Phi) is 2.68. The highest BCUT2D eigenvalue weighted by Gasteiger charge is 2.05. The van der Waals surface area contributed by atoms with Crippen LogP contribution in [0, 0.1) is 6.92 Å². The minimum absolute atomic E-state index is 0.671. The summed E-state index contributed by atoms with van der Waals surface area (Å²) in [6, 6.07) is 10.0. The molecule has 2 N–H and O–H groups in total.